The first-order valence-electron chi connectivity index (χ1n) is 13.1. The van der Waals surface area contributed by atoms with Crippen LogP contribution in [-0.2, 0) is 0 Å². The first kappa shape index (κ1) is 25.7. The van der Waals surface area contributed by atoms with Gasteiger partial charge < -0.3 is 0 Å². The van der Waals surface area contributed by atoms with E-state index in [4.69, 9.17) is 23.2 Å². The van der Waals surface area contributed by atoms with E-state index in [2.05, 4.69) is 84.3 Å². The van der Waals surface area contributed by atoms with Gasteiger partial charge >= 0.3 is 0 Å². The second kappa shape index (κ2) is 11.7. The van der Waals surface area contributed by atoms with Crippen molar-refractivity contribution in [2.45, 2.75) is 0 Å². The van der Waals surface area contributed by atoms with Crippen molar-refractivity contribution in [2.24, 2.45) is 0 Å². The van der Waals surface area contributed by atoms with Gasteiger partial charge in [0.2, 0.25) is 0 Å². The van der Waals surface area contributed by atoms with Crippen molar-refractivity contribution in [3.8, 4) is 0 Å². The van der Waals surface area contributed by atoms with Crippen molar-refractivity contribution in [1.82, 2.24) is 0 Å². The Balaban J connectivity index is 1.79. The van der Waals surface area contributed by atoms with Gasteiger partial charge in [-0.15, -0.1) is 0 Å². The predicted molar refractivity (Wildman–Crippen MR) is 171 cm³/mol. The van der Waals surface area contributed by atoms with Crippen molar-refractivity contribution in [3.63, 3.8) is 0 Å². The van der Waals surface area contributed by atoms with E-state index in [0.717, 1.165) is 55.7 Å². The summed E-state index contributed by atoms with van der Waals surface area (Å²) in [6.07, 6.45) is 12.1. The molecule has 0 atom stereocenters. The Hall–Kier alpha value is -4.54. The minimum atomic E-state index is 0.699. The average Bonchev–Trinajstić information content (AvgIpc) is 3.12. The molecule has 0 nitrogen and oxygen atoms in total. The molecule has 0 saturated carbocycles. The van der Waals surface area contributed by atoms with Crippen LogP contribution in [0.25, 0.3) is 22.3 Å². The van der Waals surface area contributed by atoms with Gasteiger partial charge in [0.25, 0.3) is 0 Å². The van der Waals surface area contributed by atoms with Gasteiger partial charge in [-0.25, -0.2) is 0 Å². The maximum absolute atomic E-state index is 6.35. The highest BCUT2D eigenvalue weighted by Gasteiger charge is 2.32. The van der Waals surface area contributed by atoms with Crippen LogP contribution < -0.4 is 0 Å². The van der Waals surface area contributed by atoms with Crippen LogP contribution in [0.4, 0.5) is 0 Å². The molecule has 40 heavy (non-hydrogen) atoms. The maximum atomic E-state index is 6.35. The standard InChI is InChI=1S/C38H24Cl2/c39-32-22-18-30(19-23-32)37-35(28-13-7-3-8-14-28)34(26-17-27-11-5-1-2-6-12-27)36(29-15-9-4-10-16-29)38(37)31-20-24-33(40)25-21-31/h1-16,18-25H. The number of hydrogen-bond donors (Lipinski definition) is 0. The minimum absolute atomic E-state index is 0.699. The molecule has 190 valence electrons. The molecule has 2 heteroatoms. The number of hydrogen-bond acceptors (Lipinski definition) is 0. The summed E-state index contributed by atoms with van der Waals surface area (Å²) in [6.45, 7) is 0. The van der Waals surface area contributed by atoms with Gasteiger partial charge in [-0.3, -0.25) is 0 Å². The molecule has 0 saturated heterocycles. The first-order valence-corrected chi connectivity index (χ1v) is 13.8. The van der Waals surface area contributed by atoms with E-state index in [1.807, 2.05) is 72.9 Å². The number of benzene rings is 4. The molecule has 0 heterocycles. The summed E-state index contributed by atoms with van der Waals surface area (Å²) in [5.41, 5.74) is 17.8. The van der Waals surface area contributed by atoms with Crippen molar-refractivity contribution >= 4 is 45.5 Å². The van der Waals surface area contributed by atoms with Gasteiger partial charge in [0.1, 0.15) is 0 Å². The summed E-state index contributed by atoms with van der Waals surface area (Å²) in [5.74, 6) is 0. The topological polar surface area (TPSA) is 0 Å². The van der Waals surface area contributed by atoms with E-state index in [-0.39, 0.29) is 0 Å². The van der Waals surface area contributed by atoms with Gasteiger partial charge in [0.05, 0.1) is 0 Å². The summed E-state index contributed by atoms with van der Waals surface area (Å²) >= 11 is 12.7. The molecular formula is C38H24Cl2. The normalized spacial score (nSPS) is 14.4. The maximum Gasteiger partial charge on any atom is 0.0418 e. The fourth-order valence-corrected chi connectivity index (χ4v) is 5.32. The Bertz CT molecular complexity index is 1690. The second-order valence-electron chi connectivity index (χ2n) is 9.43. The molecule has 0 amide bonds. The lowest BCUT2D eigenvalue weighted by Gasteiger charge is -2.14. The fraction of sp³-hybridized carbons (Fsp3) is 0. The van der Waals surface area contributed by atoms with E-state index in [1.54, 1.807) is 0 Å². The summed E-state index contributed by atoms with van der Waals surface area (Å²) in [4.78, 5) is 0. The van der Waals surface area contributed by atoms with Gasteiger partial charge in [0, 0.05) is 32.3 Å². The zero-order valence-electron chi connectivity index (χ0n) is 21.6. The molecule has 0 fully saturated rings. The fourth-order valence-electron chi connectivity index (χ4n) is 5.07. The SMILES string of the molecule is Clc1ccc(C2=C(c3ccccc3)C(=C=C=C3C=CC=CC=C3)C(c3ccccc3)=C2c2ccc(Cl)cc2)cc1. The van der Waals surface area contributed by atoms with E-state index >= 15 is 0 Å². The van der Waals surface area contributed by atoms with Gasteiger partial charge in [-0.2, -0.15) is 0 Å². The van der Waals surface area contributed by atoms with Crippen LogP contribution >= 0.6 is 23.2 Å². The highest BCUT2D eigenvalue weighted by molar-refractivity contribution is 6.35. The lowest BCUT2D eigenvalue weighted by Crippen LogP contribution is -1.92. The van der Waals surface area contributed by atoms with E-state index in [9.17, 15) is 0 Å². The van der Waals surface area contributed by atoms with E-state index in [1.165, 1.54) is 0 Å². The van der Waals surface area contributed by atoms with Crippen LogP contribution in [0.3, 0.4) is 0 Å². The van der Waals surface area contributed by atoms with E-state index in [0.29, 0.717) is 10.0 Å². The lowest BCUT2D eigenvalue weighted by molar-refractivity contribution is 1.57. The van der Waals surface area contributed by atoms with Crippen LogP contribution in [0.2, 0.25) is 10.0 Å². The molecule has 0 spiro atoms. The lowest BCUT2D eigenvalue weighted by atomic mass is 9.89. The average molecular weight is 552 g/mol. The second-order valence-corrected chi connectivity index (χ2v) is 10.3. The van der Waals surface area contributed by atoms with Crippen LogP contribution in [0.5, 0.6) is 0 Å². The largest absolute Gasteiger partial charge is 0.0843 e. The third-order valence-corrected chi connectivity index (χ3v) is 7.36. The van der Waals surface area contributed by atoms with Crippen LogP contribution in [-0.4, -0.2) is 0 Å². The third-order valence-electron chi connectivity index (χ3n) is 6.86. The molecule has 6 rings (SSSR count). The molecule has 0 aromatic heterocycles. The molecule has 4 aromatic carbocycles. The monoisotopic (exact) mass is 550 g/mol. The van der Waals surface area contributed by atoms with Gasteiger partial charge in [-0.1, -0.05) is 144 Å². The van der Waals surface area contributed by atoms with Crippen molar-refractivity contribution in [1.29, 1.82) is 0 Å². The Morgan fingerprint density at radius 1 is 0.375 bits per heavy atom. The quantitative estimate of drug-likeness (QED) is 0.221. The van der Waals surface area contributed by atoms with Crippen molar-refractivity contribution in [3.05, 3.63) is 201 Å². The number of rotatable bonds is 4. The molecule has 0 bridgehead atoms. The molecule has 0 unspecified atom stereocenters. The molecule has 0 radical (unpaired) electrons. The third kappa shape index (κ3) is 5.31. The summed E-state index contributed by atoms with van der Waals surface area (Å²) in [7, 11) is 0. The Morgan fingerprint density at radius 2 is 0.775 bits per heavy atom. The molecule has 4 aromatic rings. The molecular weight excluding hydrogens is 527 g/mol. The summed E-state index contributed by atoms with van der Waals surface area (Å²) in [6, 6.07) is 37.2. The minimum Gasteiger partial charge on any atom is -0.0843 e. The Morgan fingerprint density at radius 3 is 1.20 bits per heavy atom. The number of allylic oxidation sites excluding steroid dienone is 12. The number of halogens is 2. The van der Waals surface area contributed by atoms with Crippen molar-refractivity contribution < 1.29 is 0 Å². The zero-order chi connectivity index (χ0) is 27.3. The van der Waals surface area contributed by atoms with Crippen LogP contribution in [0.15, 0.2) is 168 Å². The van der Waals surface area contributed by atoms with Crippen molar-refractivity contribution in [2.75, 3.05) is 0 Å². The highest BCUT2D eigenvalue weighted by Crippen LogP contribution is 2.54. The van der Waals surface area contributed by atoms with Crippen LogP contribution in [0.1, 0.15) is 22.3 Å². The van der Waals surface area contributed by atoms with Gasteiger partial charge in [-0.05, 0) is 69.8 Å². The molecule has 0 aliphatic heterocycles. The zero-order valence-corrected chi connectivity index (χ0v) is 23.1. The Kier molecular flexibility index (Phi) is 7.51. The predicted octanol–water partition coefficient (Wildman–Crippen LogP) is 10.8. The smallest absolute Gasteiger partial charge is 0.0418 e. The molecule has 0 N–H and O–H groups in total. The van der Waals surface area contributed by atoms with E-state index < -0.39 is 0 Å². The first-order chi connectivity index (χ1) is 19.7. The van der Waals surface area contributed by atoms with Gasteiger partial charge in [0.15, 0.2) is 0 Å². The molecule has 2 aliphatic carbocycles. The Labute approximate surface area is 245 Å². The summed E-state index contributed by atoms with van der Waals surface area (Å²) in [5, 5.41) is 1.40. The highest BCUT2D eigenvalue weighted by atomic mass is 35.5. The van der Waals surface area contributed by atoms with Crippen LogP contribution in [0, 0.1) is 0 Å². The summed E-state index contributed by atoms with van der Waals surface area (Å²) < 4.78 is 0. The molecule has 2 aliphatic rings.